The summed E-state index contributed by atoms with van der Waals surface area (Å²) in [5.74, 6) is -0.498. The van der Waals surface area contributed by atoms with Gasteiger partial charge in [0.25, 0.3) is 10.1 Å². The minimum atomic E-state index is -4.88. The van der Waals surface area contributed by atoms with Crippen LogP contribution in [0.25, 0.3) is 0 Å². The summed E-state index contributed by atoms with van der Waals surface area (Å²) in [6.07, 6.45) is 0.394. The summed E-state index contributed by atoms with van der Waals surface area (Å²) in [5, 5.41) is 20.3. The second-order valence-electron chi connectivity index (χ2n) is 13.0. The Morgan fingerprint density at radius 1 is 0.642 bits per heavy atom. The zero-order valence-electron chi connectivity index (χ0n) is 36.0. The molecule has 0 aliphatic carbocycles. The molecule has 0 saturated carbocycles. The number of carbonyl (C=O) groups excluding carboxylic acids is 2. The van der Waals surface area contributed by atoms with Gasteiger partial charge in [0.2, 0.25) is 32.2 Å². The van der Waals surface area contributed by atoms with Crippen LogP contribution in [0.15, 0.2) is 59.9 Å². The van der Waals surface area contributed by atoms with Crippen LogP contribution in [0.4, 0.5) is 56.3 Å². The van der Waals surface area contributed by atoms with Gasteiger partial charge in [-0.1, -0.05) is 34.4 Å². The van der Waals surface area contributed by atoms with Gasteiger partial charge in [-0.05, 0) is 39.8 Å². The number of aldehydes is 2. The lowest BCUT2D eigenvalue weighted by atomic mass is 10.2. The van der Waals surface area contributed by atoms with E-state index in [2.05, 4.69) is 56.0 Å². The van der Waals surface area contributed by atoms with E-state index >= 15 is 0 Å². The van der Waals surface area contributed by atoms with Crippen molar-refractivity contribution in [3.63, 3.8) is 0 Å². The molecule has 360 valence electrons. The third-order valence-electron chi connectivity index (χ3n) is 8.89. The van der Waals surface area contributed by atoms with Crippen LogP contribution in [0.1, 0.15) is 47.0 Å². The first-order valence-electron chi connectivity index (χ1n) is 19.2. The van der Waals surface area contributed by atoms with E-state index in [1.807, 2.05) is 37.5 Å². The molecule has 0 saturated heterocycles. The normalized spacial score (nSPS) is 12.1. The van der Waals surface area contributed by atoms with E-state index < -0.39 is 55.9 Å². The molecule has 0 fully saturated rings. The van der Waals surface area contributed by atoms with Gasteiger partial charge in [-0.2, -0.15) is 40.2 Å². The summed E-state index contributed by atoms with van der Waals surface area (Å²) in [6, 6.07) is 6.29. The fraction of sp³-hybridized carbons (Fsp3) is 0.343. The maximum Gasteiger partial charge on any atom is 0.313 e. The number of ether oxygens (including phenoxy) is 2. The van der Waals surface area contributed by atoms with Crippen molar-refractivity contribution in [2.24, 2.45) is 20.5 Å². The van der Waals surface area contributed by atoms with Crippen molar-refractivity contribution in [3.8, 4) is 11.5 Å². The van der Waals surface area contributed by atoms with Crippen LogP contribution < -0.4 is 29.9 Å². The van der Waals surface area contributed by atoms with Gasteiger partial charge in [0.15, 0.2) is 17.7 Å². The molecule has 5 rings (SSSR count). The van der Waals surface area contributed by atoms with Crippen LogP contribution >= 0.6 is 34.4 Å². The maximum atomic E-state index is 11.9. The third kappa shape index (κ3) is 13.4. The molecule has 3 aromatic heterocycles. The van der Waals surface area contributed by atoms with Crippen LogP contribution in [-0.4, -0.2) is 128 Å². The van der Waals surface area contributed by atoms with Crippen molar-refractivity contribution >= 4 is 134 Å². The third-order valence-corrected chi connectivity index (χ3v) is 14.3. The fourth-order valence-corrected chi connectivity index (χ4v) is 10.7. The molecular weight excluding hydrogens is 1000 g/mol. The van der Waals surface area contributed by atoms with Gasteiger partial charge in [-0.15, -0.1) is 20.5 Å². The minimum Gasteiger partial charge on any atom is -0.494 e. The van der Waals surface area contributed by atoms with E-state index in [0.29, 0.717) is 71.7 Å². The predicted octanol–water partition coefficient (Wildman–Crippen LogP) is 6.91. The van der Waals surface area contributed by atoms with Gasteiger partial charge in [0.1, 0.15) is 32.6 Å². The number of nitrogens with one attached hydrogen (secondary N) is 2. The fourth-order valence-electron chi connectivity index (χ4n) is 5.85. The van der Waals surface area contributed by atoms with E-state index in [4.69, 9.17) is 9.47 Å². The molecule has 0 unspecified atom stereocenters. The molecule has 3 heterocycles. The zero-order valence-corrected chi connectivity index (χ0v) is 40.9. The molecule has 0 aliphatic rings. The van der Waals surface area contributed by atoms with Crippen molar-refractivity contribution in [2.45, 2.75) is 42.9 Å². The van der Waals surface area contributed by atoms with Crippen molar-refractivity contribution in [3.05, 3.63) is 34.0 Å². The quantitative estimate of drug-likeness (QED) is 0.0181. The number of hydrogen-bond acceptors (Lipinski definition) is 26. The Labute approximate surface area is 395 Å². The molecule has 0 atom stereocenters. The number of azo groups is 2. The Bertz CT molecular complexity index is 2850. The molecule has 0 radical (unpaired) electrons. The molecule has 2 aromatic carbocycles. The van der Waals surface area contributed by atoms with Crippen molar-refractivity contribution < 1.29 is 58.0 Å². The van der Waals surface area contributed by atoms with E-state index in [1.54, 1.807) is 12.1 Å². The summed E-state index contributed by atoms with van der Waals surface area (Å²) in [7, 11) is -11.3. The molecule has 5 aromatic rings. The second kappa shape index (κ2) is 22.3. The molecule has 0 bridgehead atoms. The monoisotopic (exact) mass is 1040 g/mol. The number of thiazole rings is 2. The van der Waals surface area contributed by atoms with Crippen molar-refractivity contribution in [2.75, 3.05) is 72.3 Å². The van der Waals surface area contributed by atoms with E-state index in [-0.39, 0.29) is 68.4 Å². The molecule has 32 heteroatoms. The lowest BCUT2D eigenvalue weighted by Gasteiger charge is -2.25. The molecule has 26 nitrogen and oxygen atoms in total. The Hall–Kier alpha value is -5.87. The van der Waals surface area contributed by atoms with Crippen molar-refractivity contribution in [1.29, 1.82) is 0 Å². The van der Waals surface area contributed by atoms with Gasteiger partial charge in [0, 0.05) is 44.1 Å². The first kappa shape index (κ1) is 52.1. The second-order valence-corrected chi connectivity index (χ2v) is 20.3. The van der Waals surface area contributed by atoms with E-state index in [9.17, 15) is 48.5 Å². The lowest BCUT2D eigenvalue weighted by Crippen LogP contribution is -2.22. The summed E-state index contributed by atoms with van der Waals surface area (Å²) >= 11 is 1.95. The number of rotatable bonds is 24. The van der Waals surface area contributed by atoms with Gasteiger partial charge in [0.05, 0.1) is 42.7 Å². The van der Waals surface area contributed by atoms with Crippen LogP contribution in [-0.2, 0) is 30.4 Å². The highest BCUT2D eigenvalue weighted by atomic mass is 32.2. The molecule has 5 N–H and O–H groups in total. The standard InChI is InChI=1S/C35H41N13O13S6/c1-7-47(8-2)23-13-19(21(15-25(23)60-5)43-45-34-38-29(66(54,55)56)27(17-49)63-34)36-31-40-32(42-33(41-31)62-11-12-65(51,52)53)37-20-14-24(48(9-3)10-4)26(61-6)16-22(20)44-46-35-39-30(67(57,58)59)28(18-50)64-35/h13-18H,7-12H2,1-6H3,(H,51,52,53)(H,54,55,56)(H,57,58,59)(H2,36,37,40,41,42). The predicted molar refractivity (Wildman–Crippen MR) is 250 cm³/mol. The summed E-state index contributed by atoms with van der Waals surface area (Å²) < 4.78 is 111. The highest BCUT2D eigenvalue weighted by Gasteiger charge is 2.25. The molecule has 0 aliphatic heterocycles. The van der Waals surface area contributed by atoms with Crippen molar-refractivity contribution in [1.82, 2.24) is 24.9 Å². The maximum absolute atomic E-state index is 11.9. The number of benzene rings is 2. The first-order chi connectivity index (χ1) is 31.7. The number of hydrogen-bond donors (Lipinski definition) is 5. The van der Waals surface area contributed by atoms with Gasteiger partial charge in [-0.3, -0.25) is 23.2 Å². The Morgan fingerprint density at radius 2 is 1.04 bits per heavy atom. The first-order valence-corrected chi connectivity index (χ1v) is 26.3. The van der Waals surface area contributed by atoms with E-state index in [0.717, 1.165) is 11.8 Å². The highest BCUT2D eigenvalue weighted by molar-refractivity contribution is 8.00. The topological polar surface area (TPSA) is 360 Å². The van der Waals surface area contributed by atoms with Crippen LogP contribution in [0.5, 0.6) is 11.5 Å². The molecule has 67 heavy (non-hydrogen) atoms. The summed E-state index contributed by atoms with van der Waals surface area (Å²) in [6.45, 7) is 9.80. The average molecular weight is 1040 g/mol. The minimum absolute atomic E-state index is 0.0474. The Morgan fingerprint density at radius 3 is 1.36 bits per heavy atom. The number of methoxy groups -OCH3 is 2. The Balaban J connectivity index is 1.69. The zero-order chi connectivity index (χ0) is 49.3. The number of carbonyl (C=O) groups is 2. The summed E-state index contributed by atoms with van der Waals surface area (Å²) in [5.41, 5.74) is 1.64. The molecular formula is C35H41N13O13S6. The SMILES string of the molecule is CCN(CC)c1cc(Nc2nc(Nc3cc(N(CC)CC)c(OC)cc3N=Nc3nc(S(=O)(=O)O)c(C=O)s3)nc(SCCS(=O)(=O)O)n2)c(N=Nc2nc(S(=O)(=O)O)c(C=O)s2)cc1OC. The van der Waals surface area contributed by atoms with Gasteiger partial charge in [-0.25, -0.2) is 9.97 Å². The van der Waals surface area contributed by atoms with Gasteiger partial charge >= 0.3 is 20.2 Å². The average Bonchev–Trinajstić information content (AvgIpc) is 3.91. The highest BCUT2D eigenvalue weighted by Crippen LogP contribution is 2.43. The molecule has 0 spiro atoms. The Kier molecular flexibility index (Phi) is 17.3. The summed E-state index contributed by atoms with van der Waals surface area (Å²) in [4.78, 5) is 47.3. The number of nitrogens with zero attached hydrogens (tertiary/aromatic N) is 11. The van der Waals surface area contributed by atoms with Gasteiger partial charge < -0.3 is 29.9 Å². The lowest BCUT2D eigenvalue weighted by molar-refractivity contribution is 0.111. The number of thioether (sulfide) groups is 1. The largest absolute Gasteiger partial charge is 0.494 e. The molecule has 0 amide bonds. The smallest absolute Gasteiger partial charge is 0.313 e. The van der Waals surface area contributed by atoms with Crippen LogP contribution in [0.3, 0.4) is 0 Å². The van der Waals surface area contributed by atoms with Crippen LogP contribution in [0.2, 0.25) is 0 Å². The van der Waals surface area contributed by atoms with Crippen LogP contribution in [0, 0.1) is 0 Å². The number of aromatic nitrogens is 5. The number of anilines is 6. The van der Waals surface area contributed by atoms with E-state index in [1.165, 1.54) is 26.4 Å².